The molecular formula is C18H18ClFN4O2. The standard InChI is InChI=1S/C18H18ClFN4O2/c19-14-2-4-15(5-3-14)22-18(26)24-9-1-8-23(10-11-24)17(25)13-6-7-21-16(20)12-13/h2-7,12H,1,8-11H2,(H,22,26). The van der Waals surface area contributed by atoms with Crippen molar-refractivity contribution in [2.45, 2.75) is 6.42 Å². The first-order valence-electron chi connectivity index (χ1n) is 8.25. The van der Waals surface area contributed by atoms with Crippen LogP contribution >= 0.6 is 11.6 Å². The third kappa shape index (κ3) is 4.49. The van der Waals surface area contributed by atoms with Gasteiger partial charge in [0.2, 0.25) is 5.95 Å². The summed E-state index contributed by atoms with van der Waals surface area (Å²) in [7, 11) is 0. The van der Waals surface area contributed by atoms with Crippen LogP contribution in [0.5, 0.6) is 0 Å². The van der Waals surface area contributed by atoms with E-state index in [-0.39, 0.29) is 17.5 Å². The molecule has 26 heavy (non-hydrogen) atoms. The average Bonchev–Trinajstić information content (AvgIpc) is 2.89. The van der Waals surface area contributed by atoms with Gasteiger partial charge in [0, 0.05) is 54.7 Å². The lowest BCUT2D eigenvalue weighted by Crippen LogP contribution is -2.39. The molecule has 0 saturated carbocycles. The molecule has 8 heteroatoms. The molecule has 2 heterocycles. The molecule has 1 aliphatic rings. The smallest absolute Gasteiger partial charge is 0.321 e. The number of urea groups is 1. The van der Waals surface area contributed by atoms with Gasteiger partial charge in [-0.3, -0.25) is 4.79 Å². The Bertz CT molecular complexity index is 800. The molecule has 0 atom stereocenters. The van der Waals surface area contributed by atoms with Gasteiger partial charge < -0.3 is 15.1 Å². The van der Waals surface area contributed by atoms with E-state index in [9.17, 15) is 14.0 Å². The second-order valence-electron chi connectivity index (χ2n) is 5.94. The predicted molar refractivity (Wildman–Crippen MR) is 96.8 cm³/mol. The number of halogens is 2. The van der Waals surface area contributed by atoms with Crippen molar-refractivity contribution in [3.05, 3.63) is 59.1 Å². The zero-order valence-corrected chi connectivity index (χ0v) is 14.7. The van der Waals surface area contributed by atoms with Gasteiger partial charge in [-0.25, -0.2) is 9.78 Å². The summed E-state index contributed by atoms with van der Waals surface area (Å²) in [4.78, 5) is 31.7. The number of nitrogens with zero attached hydrogens (tertiary/aromatic N) is 3. The highest BCUT2D eigenvalue weighted by Crippen LogP contribution is 2.15. The molecule has 2 aromatic rings. The quantitative estimate of drug-likeness (QED) is 0.818. The maximum atomic E-state index is 13.2. The monoisotopic (exact) mass is 376 g/mol. The largest absolute Gasteiger partial charge is 0.337 e. The fourth-order valence-corrected chi connectivity index (χ4v) is 2.90. The minimum absolute atomic E-state index is 0.225. The second-order valence-corrected chi connectivity index (χ2v) is 6.37. The highest BCUT2D eigenvalue weighted by Gasteiger charge is 2.23. The molecule has 0 bridgehead atoms. The molecule has 6 nitrogen and oxygen atoms in total. The van der Waals surface area contributed by atoms with Gasteiger partial charge in [-0.05, 0) is 36.8 Å². The first-order chi connectivity index (χ1) is 12.5. The highest BCUT2D eigenvalue weighted by molar-refractivity contribution is 6.30. The first-order valence-corrected chi connectivity index (χ1v) is 8.63. The van der Waals surface area contributed by atoms with Gasteiger partial charge in [-0.1, -0.05) is 11.6 Å². The van der Waals surface area contributed by atoms with E-state index in [0.29, 0.717) is 43.3 Å². The van der Waals surface area contributed by atoms with Crippen molar-refractivity contribution < 1.29 is 14.0 Å². The molecule has 3 rings (SSSR count). The van der Waals surface area contributed by atoms with Crippen molar-refractivity contribution in [2.75, 3.05) is 31.5 Å². The Hall–Kier alpha value is -2.67. The summed E-state index contributed by atoms with van der Waals surface area (Å²) >= 11 is 5.84. The molecule has 1 saturated heterocycles. The van der Waals surface area contributed by atoms with Crippen LogP contribution in [-0.4, -0.2) is 52.9 Å². The Kier molecular flexibility index (Phi) is 5.68. The molecule has 3 amide bonds. The van der Waals surface area contributed by atoms with E-state index in [1.54, 1.807) is 34.1 Å². The highest BCUT2D eigenvalue weighted by atomic mass is 35.5. The molecule has 136 valence electrons. The number of nitrogens with one attached hydrogen (secondary N) is 1. The van der Waals surface area contributed by atoms with Crippen LogP contribution < -0.4 is 5.32 Å². The van der Waals surface area contributed by atoms with Crippen molar-refractivity contribution in [1.29, 1.82) is 0 Å². The Labute approximate surface area is 155 Å². The van der Waals surface area contributed by atoms with E-state index in [4.69, 9.17) is 11.6 Å². The van der Waals surface area contributed by atoms with Crippen LogP contribution in [0.3, 0.4) is 0 Å². The number of rotatable bonds is 2. The minimum atomic E-state index is -0.686. The zero-order valence-electron chi connectivity index (χ0n) is 14.0. The molecule has 1 aliphatic heterocycles. The fourth-order valence-electron chi connectivity index (χ4n) is 2.78. The second kappa shape index (κ2) is 8.14. The van der Waals surface area contributed by atoms with Crippen LogP contribution in [0.4, 0.5) is 14.9 Å². The van der Waals surface area contributed by atoms with Crippen LogP contribution in [0.15, 0.2) is 42.6 Å². The average molecular weight is 377 g/mol. The van der Waals surface area contributed by atoms with Gasteiger partial charge in [-0.15, -0.1) is 0 Å². The zero-order chi connectivity index (χ0) is 18.5. The third-order valence-corrected chi connectivity index (χ3v) is 4.39. The summed E-state index contributed by atoms with van der Waals surface area (Å²) in [5.41, 5.74) is 0.917. The normalized spacial score (nSPS) is 14.7. The number of pyridine rings is 1. The summed E-state index contributed by atoms with van der Waals surface area (Å²) in [6.45, 7) is 1.83. The molecule has 0 unspecified atom stereocenters. The summed E-state index contributed by atoms with van der Waals surface area (Å²) < 4.78 is 13.2. The number of aromatic nitrogens is 1. The molecule has 0 aliphatic carbocycles. The number of carbonyl (C=O) groups excluding carboxylic acids is 2. The van der Waals surface area contributed by atoms with E-state index in [2.05, 4.69) is 10.3 Å². The number of anilines is 1. The lowest BCUT2D eigenvalue weighted by Gasteiger charge is -2.22. The van der Waals surface area contributed by atoms with Gasteiger partial charge >= 0.3 is 6.03 Å². The van der Waals surface area contributed by atoms with E-state index in [1.807, 2.05) is 0 Å². The van der Waals surface area contributed by atoms with Crippen molar-refractivity contribution in [3.8, 4) is 0 Å². The summed E-state index contributed by atoms with van der Waals surface area (Å²) in [5, 5.41) is 3.41. The Morgan fingerprint density at radius 2 is 1.73 bits per heavy atom. The lowest BCUT2D eigenvalue weighted by atomic mass is 10.2. The lowest BCUT2D eigenvalue weighted by molar-refractivity contribution is 0.0762. The van der Waals surface area contributed by atoms with Gasteiger partial charge in [0.1, 0.15) is 0 Å². The molecule has 0 spiro atoms. The van der Waals surface area contributed by atoms with Crippen LogP contribution in [0.25, 0.3) is 0 Å². The molecule has 0 radical (unpaired) electrons. The van der Waals surface area contributed by atoms with Crippen molar-refractivity contribution in [3.63, 3.8) is 0 Å². The number of hydrogen-bond acceptors (Lipinski definition) is 3. The van der Waals surface area contributed by atoms with Crippen molar-refractivity contribution >= 4 is 29.2 Å². The molecule has 1 N–H and O–H groups in total. The molecule has 1 fully saturated rings. The maximum absolute atomic E-state index is 13.2. The molecule has 1 aromatic carbocycles. The van der Waals surface area contributed by atoms with E-state index >= 15 is 0 Å². The summed E-state index contributed by atoms with van der Waals surface area (Å²) in [6.07, 6.45) is 1.92. The number of benzene rings is 1. The Morgan fingerprint density at radius 1 is 1.04 bits per heavy atom. The van der Waals surface area contributed by atoms with Crippen LogP contribution in [0.2, 0.25) is 5.02 Å². The third-order valence-electron chi connectivity index (χ3n) is 4.14. The number of hydrogen-bond donors (Lipinski definition) is 1. The van der Waals surface area contributed by atoms with E-state index in [0.717, 1.165) is 6.07 Å². The molecule has 1 aromatic heterocycles. The van der Waals surface area contributed by atoms with Crippen molar-refractivity contribution in [2.24, 2.45) is 0 Å². The van der Waals surface area contributed by atoms with E-state index < -0.39 is 5.95 Å². The fraction of sp³-hybridized carbons (Fsp3) is 0.278. The minimum Gasteiger partial charge on any atom is -0.337 e. The SMILES string of the molecule is O=C(Nc1ccc(Cl)cc1)N1CCCN(C(=O)c2ccnc(F)c2)CC1. The van der Waals surface area contributed by atoms with Gasteiger partial charge in [0.05, 0.1) is 0 Å². The topological polar surface area (TPSA) is 65.5 Å². The number of amides is 3. The van der Waals surface area contributed by atoms with E-state index in [1.165, 1.54) is 12.3 Å². The Balaban J connectivity index is 1.59. The molecular weight excluding hydrogens is 359 g/mol. The van der Waals surface area contributed by atoms with Gasteiger partial charge in [0.15, 0.2) is 0 Å². The predicted octanol–water partition coefficient (Wildman–Crippen LogP) is 3.25. The number of carbonyl (C=O) groups is 2. The van der Waals surface area contributed by atoms with Crippen LogP contribution in [-0.2, 0) is 0 Å². The first kappa shape index (κ1) is 18.1. The Morgan fingerprint density at radius 3 is 2.46 bits per heavy atom. The van der Waals surface area contributed by atoms with Gasteiger partial charge in [0.25, 0.3) is 5.91 Å². The van der Waals surface area contributed by atoms with Crippen LogP contribution in [0, 0.1) is 5.95 Å². The van der Waals surface area contributed by atoms with Gasteiger partial charge in [-0.2, -0.15) is 4.39 Å². The maximum Gasteiger partial charge on any atom is 0.321 e. The van der Waals surface area contributed by atoms with Crippen molar-refractivity contribution in [1.82, 2.24) is 14.8 Å². The van der Waals surface area contributed by atoms with Crippen LogP contribution in [0.1, 0.15) is 16.8 Å². The summed E-state index contributed by atoms with van der Waals surface area (Å²) in [6, 6.07) is 9.25. The summed E-state index contributed by atoms with van der Waals surface area (Å²) in [5.74, 6) is -0.944.